The maximum Gasteiger partial charge on any atom is 0.0541 e. The zero-order valence-corrected chi connectivity index (χ0v) is 36.3. The lowest BCUT2D eigenvalue weighted by molar-refractivity contribution is 0.660. The number of para-hydroxylation sites is 2. The van der Waals surface area contributed by atoms with Gasteiger partial charge in [-0.05, 0) is 150 Å². The summed E-state index contributed by atoms with van der Waals surface area (Å²) in [6.45, 7) is 4.79. The molecule has 2 heteroatoms. The molecule has 0 aliphatic heterocycles. The Morgan fingerprint density at radius 1 is 0.323 bits per heavy atom. The minimum absolute atomic E-state index is 0.241. The fourth-order valence-electron chi connectivity index (χ4n) is 10.9. The maximum atomic E-state index is 2.45. The highest BCUT2D eigenvalue weighted by Crippen LogP contribution is 2.52. The lowest BCUT2D eigenvalue weighted by Gasteiger charge is -2.29. The van der Waals surface area contributed by atoms with Crippen LogP contribution in [0.25, 0.3) is 93.2 Å². The molecule has 0 saturated heterocycles. The first-order chi connectivity index (χ1) is 32.0. The summed E-state index contributed by atoms with van der Waals surface area (Å²) in [5.41, 5.74) is 16.9. The van der Waals surface area contributed by atoms with Crippen molar-refractivity contribution in [2.45, 2.75) is 19.3 Å². The van der Waals surface area contributed by atoms with E-state index in [2.05, 4.69) is 254 Å². The van der Waals surface area contributed by atoms with Crippen molar-refractivity contribution in [2.24, 2.45) is 0 Å². The summed E-state index contributed by atoms with van der Waals surface area (Å²) >= 11 is 0. The van der Waals surface area contributed by atoms with E-state index in [-0.39, 0.29) is 5.41 Å². The van der Waals surface area contributed by atoms with Gasteiger partial charge in [0.1, 0.15) is 0 Å². The first-order valence-electron chi connectivity index (χ1n) is 22.7. The molecular formula is C63H44N2. The fourth-order valence-corrected chi connectivity index (χ4v) is 10.9. The quantitative estimate of drug-likeness (QED) is 0.152. The molecular weight excluding hydrogens is 785 g/mol. The molecule has 0 unspecified atom stereocenters. The monoisotopic (exact) mass is 828 g/mol. The van der Waals surface area contributed by atoms with Gasteiger partial charge in [0, 0.05) is 38.9 Å². The first kappa shape index (κ1) is 37.4. The SMILES string of the molecule is CC1(C)c2cc(N(c3ccc(-c4cc5ccccc5c5ccccc45)cc3)c3cccc(-c4ccc5ccccc5c4)c3)ccc2-c2ccc(-n3c4ccccc4c4ccccc43)cc21. The molecule has 0 spiro atoms. The second-order valence-corrected chi connectivity index (χ2v) is 18.1. The van der Waals surface area contributed by atoms with Gasteiger partial charge in [-0.25, -0.2) is 0 Å². The third-order valence-corrected chi connectivity index (χ3v) is 14.1. The summed E-state index contributed by atoms with van der Waals surface area (Å²) in [6, 6.07) is 85.3. The van der Waals surface area contributed by atoms with Crippen LogP contribution < -0.4 is 4.90 Å². The van der Waals surface area contributed by atoms with Gasteiger partial charge in [0.25, 0.3) is 0 Å². The van der Waals surface area contributed by atoms with Gasteiger partial charge in [-0.3, -0.25) is 0 Å². The van der Waals surface area contributed by atoms with E-state index in [4.69, 9.17) is 0 Å². The molecule has 0 fully saturated rings. The van der Waals surface area contributed by atoms with E-state index in [1.54, 1.807) is 0 Å². The van der Waals surface area contributed by atoms with E-state index in [1.165, 1.54) is 104 Å². The van der Waals surface area contributed by atoms with Crippen LogP contribution in [0.4, 0.5) is 17.1 Å². The van der Waals surface area contributed by atoms with Gasteiger partial charge in [-0.1, -0.05) is 172 Å². The van der Waals surface area contributed by atoms with Crippen molar-refractivity contribution in [3.8, 4) is 39.1 Å². The summed E-state index contributed by atoms with van der Waals surface area (Å²) in [5.74, 6) is 0. The van der Waals surface area contributed by atoms with Crippen molar-refractivity contribution < 1.29 is 0 Å². The highest BCUT2D eigenvalue weighted by molar-refractivity contribution is 6.14. The minimum atomic E-state index is -0.241. The van der Waals surface area contributed by atoms with Crippen molar-refractivity contribution in [3.05, 3.63) is 242 Å². The van der Waals surface area contributed by atoms with Crippen LogP contribution in [0.15, 0.2) is 231 Å². The Balaban J connectivity index is 0.945. The fraction of sp³-hybridized carbons (Fsp3) is 0.0476. The maximum absolute atomic E-state index is 2.45. The Labute approximate surface area is 378 Å². The van der Waals surface area contributed by atoms with Crippen LogP contribution in [-0.4, -0.2) is 4.57 Å². The number of aromatic nitrogens is 1. The number of nitrogens with zero attached hydrogens (tertiary/aromatic N) is 2. The highest BCUT2D eigenvalue weighted by Gasteiger charge is 2.36. The van der Waals surface area contributed by atoms with E-state index in [0.717, 1.165) is 17.1 Å². The van der Waals surface area contributed by atoms with Gasteiger partial charge in [-0.15, -0.1) is 0 Å². The Morgan fingerprint density at radius 3 is 1.63 bits per heavy atom. The molecule has 13 rings (SSSR count). The standard InChI is InChI=1S/C63H44N2/c1-63(2)59-39-49(32-34-54(59)55-35-33-50(40-60(55)63)65-61-24-11-9-22-56(61)57-23-10-12-25-62(57)65)64(48-18-13-17-44(37-48)45-27-26-41-14-3-4-15-43(41)36-45)47-30-28-42(29-31-47)58-38-46-16-5-6-19-51(46)52-20-7-8-21-53(52)58/h3-40H,1-2H3. The predicted octanol–water partition coefficient (Wildman–Crippen LogP) is 17.4. The number of benzene rings is 11. The summed E-state index contributed by atoms with van der Waals surface area (Å²) in [4.78, 5) is 2.44. The molecule has 0 saturated carbocycles. The summed E-state index contributed by atoms with van der Waals surface area (Å²) in [7, 11) is 0. The minimum Gasteiger partial charge on any atom is -0.310 e. The third kappa shape index (κ3) is 5.88. The molecule has 11 aromatic carbocycles. The molecule has 0 atom stereocenters. The molecule has 1 heterocycles. The predicted molar refractivity (Wildman–Crippen MR) is 276 cm³/mol. The molecule has 306 valence electrons. The number of rotatable bonds is 6. The van der Waals surface area contributed by atoms with Crippen LogP contribution in [0.2, 0.25) is 0 Å². The van der Waals surface area contributed by atoms with Crippen molar-refractivity contribution in [1.29, 1.82) is 0 Å². The number of anilines is 3. The van der Waals surface area contributed by atoms with E-state index in [9.17, 15) is 0 Å². The van der Waals surface area contributed by atoms with Crippen LogP contribution >= 0.6 is 0 Å². The van der Waals surface area contributed by atoms with Crippen molar-refractivity contribution in [1.82, 2.24) is 4.57 Å². The van der Waals surface area contributed by atoms with Gasteiger partial charge < -0.3 is 9.47 Å². The first-order valence-corrected chi connectivity index (χ1v) is 22.7. The highest BCUT2D eigenvalue weighted by atomic mass is 15.1. The second kappa shape index (κ2) is 14.4. The summed E-state index contributed by atoms with van der Waals surface area (Å²) in [6.07, 6.45) is 0. The lowest BCUT2D eigenvalue weighted by Crippen LogP contribution is -2.17. The Kier molecular flexibility index (Phi) is 8.29. The topological polar surface area (TPSA) is 8.17 Å². The normalized spacial score (nSPS) is 12.9. The summed E-state index contributed by atoms with van der Waals surface area (Å²) < 4.78 is 2.43. The largest absolute Gasteiger partial charge is 0.310 e. The Bertz CT molecular complexity index is 3810. The third-order valence-electron chi connectivity index (χ3n) is 14.1. The Hall–Kier alpha value is -8.20. The molecule has 65 heavy (non-hydrogen) atoms. The second-order valence-electron chi connectivity index (χ2n) is 18.1. The van der Waals surface area contributed by atoms with Gasteiger partial charge in [0.2, 0.25) is 0 Å². The van der Waals surface area contributed by atoms with Crippen LogP contribution in [0.3, 0.4) is 0 Å². The number of hydrogen-bond donors (Lipinski definition) is 0. The van der Waals surface area contributed by atoms with E-state index < -0.39 is 0 Å². The lowest BCUT2D eigenvalue weighted by atomic mass is 9.82. The van der Waals surface area contributed by atoms with Crippen LogP contribution in [0, 0.1) is 0 Å². The number of hydrogen-bond acceptors (Lipinski definition) is 1. The van der Waals surface area contributed by atoms with Gasteiger partial charge in [0.05, 0.1) is 11.0 Å². The number of fused-ring (bicyclic) bond motifs is 10. The zero-order valence-electron chi connectivity index (χ0n) is 36.3. The van der Waals surface area contributed by atoms with Crippen molar-refractivity contribution >= 4 is 71.2 Å². The Morgan fingerprint density at radius 2 is 0.877 bits per heavy atom. The molecule has 1 aliphatic carbocycles. The molecule has 1 aliphatic rings. The smallest absolute Gasteiger partial charge is 0.0541 e. The van der Waals surface area contributed by atoms with Crippen LogP contribution in [0.5, 0.6) is 0 Å². The molecule has 1 aromatic heterocycles. The van der Waals surface area contributed by atoms with Crippen LogP contribution in [0.1, 0.15) is 25.0 Å². The van der Waals surface area contributed by atoms with Gasteiger partial charge in [-0.2, -0.15) is 0 Å². The molecule has 12 aromatic rings. The van der Waals surface area contributed by atoms with E-state index in [0.29, 0.717) is 0 Å². The van der Waals surface area contributed by atoms with Gasteiger partial charge >= 0.3 is 0 Å². The summed E-state index contributed by atoms with van der Waals surface area (Å²) in [5, 5.41) is 10.1. The molecule has 0 radical (unpaired) electrons. The van der Waals surface area contributed by atoms with Gasteiger partial charge in [0.15, 0.2) is 0 Å². The van der Waals surface area contributed by atoms with E-state index >= 15 is 0 Å². The average Bonchev–Trinajstić information content (AvgIpc) is 3.81. The van der Waals surface area contributed by atoms with Crippen molar-refractivity contribution in [2.75, 3.05) is 4.90 Å². The van der Waals surface area contributed by atoms with Crippen LogP contribution in [-0.2, 0) is 5.41 Å². The van der Waals surface area contributed by atoms with Crippen molar-refractivity contribution in [3.63, 3.8) is 0 Å². The molecule has 0 amide bonds. The molecule has 0 N–H and O–H groups in total. The molecule has 0 bridgehead atoms. The average molecular weight is 829 g/mol. The molecule has 2 nitrogen and oxygen atoms in total. The zero-order chi connectivity index (χ0) is 43.2. The van der Waals surface area contributed by atoms with E-state index in [1.807, 2.05) is 0 Å².